The molecule has 0 bridgehead atoms. The maximum Gasteiger partial charge on any atom is 0.286 e. The molecule has 0 fully saturated rings. The summed E-state index contributed by atoms with van der Waals surface area (Å²) >= 11 is 0. The highest BCUT2D eigenvalue weighted by molar-refractivity contribution is 8.67. The summed E-state index contributed by atoms with van der Waals surface area (Å²) in [7, 11) is -6.27. The van der Waals surface area contributed by atoms with E-state index in [1.165, 1.54) is 24.3 Å². The summed E-state index contributed by atoms with van der Waals surface area (Å²) < 4.78 is 62.9. The van der Waals surface area contributed by atoms with E-state index in [0.717, 1.165) is 11.1 Å². The normalized spacial score (nSPS) is 11.7. The van der Waals surface area contributed by atoms with Gasteiger partial charge in [0, 0.05) is 11.1 Å². The van der Waals surface area contributed by atoms with Gasteiger partial charge >= 0.3 is 0 Å². The average Bonchev–Trinajstić information content (AvgIpc) is 2.88. The predicted octanol–water partition coefficient (Wildman–Crippen LogP) is 5.20. The lowest BCUT2D eigenvalue weighted by Crippen LogP contribution is -2.16. The highest BCUT2D eigenvalue weighted by Gasteiger charge is 2.33. The molecule has 4 rings (SSSR count). The zero-order valence-corrected chi connectivity index (χ0v) is 20.1. The third kappa shape index (κ3) is 4.18. The summed E-state index contributed by atoms with van der Waals surface area (Å²) in [5, 5.41) is 0. The second-order valence-electron chi connectivity index (χ2n) is 7.36. The van der Waals surface area contributed by atoms with Gasteiger partial charge in [-0.1, -0.05) is 60.7 Å². The lowest BCUT2D eigenvalue weighted by Gasteiger charge is -2.11. The van der Waals surface area contributed by atoms with Crippen LogP contribution in [0, 0.1) is 0 Å². The number of hydrogen-bond donors (Lipinski definition) is 0. The van der Waals surface area contributed by atoms with Crippen LogP contribution in [0.4, 0.5) is 0 Å². The van der Waals surface area contributed by atoms with E-state index in [0.29, 0.717) is 22.6 Å². The Hall–Kier alpha value is -3.62. The Morgan fingerprint density at radius 3 is 1.12 bits per heavy atom. The molecule has 0 unspecified atom stereocenters. The zero-order chi connectivity index (χ0) is 24.3. The van der Waals surface area contributed by atoms with Crippen molar-refractivity contribution >= 4 is 17.7 Å². The first-order valence-electron chi connectivity index (χ1n) is 10.3. The van der Waals surface area contributed by atoms with Crippen molar-refractivity contribution in [2.75, 3.05) is 14.2 Å². The molecular formula is C26H22O6S2. The van der Waals surface area contributed by atoms with Gasteiger partial charge < -0.3 is 9.47 Å². The number of methoxy groups -OCH3 is 2. The minimum absolute atomic E-state index is 0.306. The lowest BCUT2D eigenvalue weighted by molar-refractivity contribution is 0.416. The molecule has 0 amide bonds. The smallest absolute Gasteiger partial charge is 0.286 e. The van der Waals surface area contributed by atoms with Crippen LogP contribution in [0.3, 0.4) is 0 Å². The Morgan fingerprint density at radius 2 is 0.794 bits per heavy atom. The lowest BCUT2D eigenvalue weighted by atomic mass is 10.1. The number of hydrogen-bond acceptors (Lipinski definition) is 6. The maximum atomic E-state index is 13.0. The van der Waals surface area contributed by atoms with Gasteiger partial charge in [-0.05, 0) is 47.5 Å². The molecule has 0 aliphatic rings. The van der Waals surface area contributed by atoms with Crippen LogP contribution in [0.2, 0.25) is 0 Å². The largest absolute Gasteiger partial charge is 0.496 e. The van der Waals surface area contributed by atoms with Gasteiger partial charge in [0.25, 0.3) is 17.7 Å². The summed E-state index contributed by atoms with van der Waals surface area (Å²) in [6.45, 7) is 0. The standard InChI is InChI=1S/C26H22O6S2/c1-31-25-9-5-3-7-23(25)19-11-15-21(16-12-19)33(27,28)34(29,30)22-17-13-20(14-18-22)24-8-4-6-10-26(24)32-2/h3-18H,1-2H3. The van der Waals surface area contributed by atoms with Gasteiger partial charge in [0.05, 0.1) is 24.0 Å². The maximum absolute atomic E-state index is 13.0. The topological polar surface area (TPSA) is 86.7 Å². The van der Waals surface area contributed by atoms with Crippen LogP contribution in [0.15, 0.2) is 107 Å². The Labute approximate surface area is 198 Å². The minimum atomic E-state index is -4.68. The van der Waals surface area contributed by atoms with E-state index in [2.05, 4.69) is 0 Å². The van der Waals surface area contributed by atoms with E-state index < -0.39 is 17.7 Å². The molecule has 174 valence electrons. The highest BCUT2D eigenvalue weighted by Crippen LogP contribution is 2.33. The molecule has 0 heterocycles. The molecule has 0 atom stereocenters. The second-order valence-corrected chi connectivity index (χ2v) is 12.7. The van der Waals surface area contributed by atoms with Crippen molar-refractivity contribution in [3.05, 3.63) is 97.1 Å². The van der Waals surface area contributed by atoms with Crippen LogP contribution >= 0.6 is 0 Å². The molecule has 8 heteroatoms. The number of para-hydroxylation sites is 2. The first-order valence-corrected chi connectivity index (χ1v) is 13.7. The molecule has 4 aromatic carbocycles. The molecule has 0 N–H and O–H groups in total. The van der Waals surface area contributed by atoms with Crippen LogP contribution in [0.25, 0.3) is 22.3 Å². The van der Waals surface area contributed by atoms with Gasteiger partial charge in [0.1, 0.15) is 11.5 Å². The summed E-state index contributed by atoms with van der Waals surface area (Å²) in [5.41, 5.74) is 2.94. The molecule has 0 saturated carbocycles. The van der Waals surface area contributed by atoms with Crippen molar-refractivity contribution in [2.24, 2.45) is 0 Å². The SMILES string of the molecule is COc1ccccc1-c1ccc(S(=O)(=O)S(=O)(=O)c2ccc(-c3ccccc3OC)cc2)cc1. The fraction of sp³-hybridized carbons (Fsp3) is 0.0769. The zero-order valence-electron chi connectivity index (χ0n) is 18.5. The van der Waals surface area contributed by atoms with Crippen molar-refractivity contribution < 1.29 is 26.3 Å². The van der Waals surface area contributed by atoms with Crippen LogP contribution in [-0.4, -0.2) is 31.1 Å². The van der Waals surface area contributed by atoms with E-state index in [4.69, 9.17) is 9.47 Å². The predicted molar refractivity (Wildman–Crippen MR) is 131 cm³/mol. The quantitative estimate of drug-likeness (QED) is 0.328. The molecule has 0 aromatic heterocycles. The highest BCUT2D eigenvalue weighted by atomic mass is 33.2. The van der Waals surface area contributed by atoms with E-state index in [9.17, 15) is 16.8 Å². The van der Waals surface area contributed by atoms with Crippen molar-refractivity contribution in [2.45, 2.75) is 9.79 Å². The molecule has 34 heavy (non-hydrogen) atoms. The Bertz CT molecular complexity index is 1400. The van der Waals surface area contributed by atoms with Crippen molar-refractivity contribution in [1.29, 1.82) is 0 Å². The van der Waals surface area contributed by atoms with Gasteiger partial charge in [0.15, 0.2) is 0 Å². The first-order chi connectivity index (χ1) is 16.3. The molecule has 0 aliphatic heterocycles. The molecule has 0 spiro atoms. The molecular weight excluding hydrogens is 472 g/mol. The first kappa shape index (κ1) is 23.5. The van der Waals surface area contributed by atoms with Crippen molar-refractivity contribution in [1.82, 2.24) is 0 Å². The van der Waals surface area contributed by atoms with Gasteiger partial charge in [0.2, 0.25) is 0 Å². The monoisotopic (exact) mass is 494 g/mol. The van der Waals surface area contributed by atoms with Crippen LogP contribution in [-0.2, 0) is 17.7 Å². The number of benzene rings is 4. The van der Waals surface area contributed by atoms with Crippen molar-refractivity contribution in [3.63, 3.8) is 0 Å². The molecule has 0 saturated heterocycles. The second kappa shape index (κ2) is 9.32. The molecule has 0 radical (unpaired) electrons. The summed E-state index contributed by atoms with van der Waals surface area (Å²) in [6, 6.07) is 26.0. The van der Waals surface area contributed by atoms with E-state index in [1.807, 2.05) is 36.4 Å². The third-order valence-corrected chi connectivity index (χ3v) is 10.6. The molecule has 6 nitrogen and oxygen atoms in total. The van der Waals surface area contributed by atoms with Crippen molar-refractivity contribution in [3.8, 4) is 33.8 Å². The summed E-state index contributed by atoms with van der Waals surface area (Å²) in [4.78, 5) is -0.611. The van der Waals surface area contributed by atoms with E-state index in [-0.39, 0.29) is 9.79 Å². The van der Waals surface area contributed by atoms with Gasteiger partial charge in [-0.3, -0.25) is 0 Å². The van der Waals surface area contributed by atoms with Gasteiger partial charge in [-0.15, -0.1) is 0 Å². The third-order valence-electron chi connectivity index (χ3n) is 5.41. The number of rotatable bonds is 7. The Kier molecular flexibility index (Phi) is 6.45. The number of ether oxygens (including phenoxy) is 2. The van der Waals surface area contributed by atoms with Crippen LogP contribution in [0.1, 0.15) is 0 Å². The van der Waals surface area contributed by atoms with Crippen LogP contribution < -0.4 is 9.47 Å². The van der Waals surface area contributed by atoms with E-state index in [1.54, 1.807) is 50.6 Å². The fourth-order valence-electron chi connectivity index (χ4n) is 3.62. The molecule has 0 aliphatic carbocycles. The minimum Gasteiger partial charge on any atom is -0.496 e. The summed E-state index contributed by atoms with van der Waals surface area (Å²) in [5.74, 6) is 1.25. The van der Waals surface area contributed by atoms with E-state index >= 15 is 0 Å². The Morgan fingerprint density at radius 1 is 0.471 bits per heavy atom. The Balaban J connectivity index is 1.67. The summed E-state index contributed by atoms with van der Waals surface area (Å²) in [6.07, 6.45) is 0. The fourth-order valence-corrected chi connectivity index (χ4v) is 7.25. The van der Waals surface area contributed by atoms with Gasteiger partial charge in [-0.25, -0.2) is 16.8 Å². The molecule has 4 aromatic rings. The average molecular weight is 495 g/mol. The van der Waals surface area contributed by atoms with Gasteiger partial charge in [-0.2, -0.15) is 0 Å². The van der Waals surface area contributed by atoms with Crippen LogP contribution in [0.5, 0.6) is 11.5 Å².